The number of hydrogen-bond acceptors (Lipinski definition) is 4. The first-order valence-electron chi connectivity index (χ1n) is 3.81. The number of esters is 2. The van der Waals surface area contributed by atoms with Gasteiger partial charge >= 0.3 is 11.9 Å². The summed E-state index contributed by atoms with van der Waals surface area (Å²) in [5.74, 6) is -0.421. The second-order valence-electron chi connectivity index (χ2n) is 1.85. The molecule has 0 spiro atoms. The summed E-state index contributed by atoms with van der Waals surface area (Å²) in [5, 5.41) is 0. The summed E-state index contributed by atoms with van der Waals surface area (Å²) >= 11 is 0. The van der Waals surface area contributed by atoms with Crippen LogP contribution in [0.3, 0.4) is 0 Å². The van der Waals surface area contributed by atoms with Crippen molar-refractivity contribution < 1.29 is 19.1 Å². The van der Waals surface area contributed by atoms with E-state index in [9.17, 15) is 9.59 Å². The Morgan fingerprint density at radius 2 is 1.15 bits per heavy atom. The van der Waals surface area contributed by atoms with E-state index in [1.807, 2.05) is 0 Å². The van der Waals surface area contributed by atoms with Gasteiger partial charge in [-0.2, -0.15) is 0 Å². The van der Waals surface area contributed by atoms with Crippen LogP contribution >= 0.6 is 12.4 Å². The van der Waals surface area contributed by atoms with Crippen LogP contribution in [-0.2, 0) is 19.1 Å². The molecule has 0 bridgehead atoms. The summed E-state index contributed by atoms with van der Waals surface area (Å²) < 4.78 is 8.81. The second kappa shape index (κ2) is 13.8. The minimum absolute atomic E-state index is 0. The molecule has 4 nitrogen and oxygen atoms in total. The van der Waals surface area contributed by atoms with Gasteiger partial charge in [0.1, 0.15) is 0 Å². The minimum Gasteiger partial charge on any atom is -0.466 e. The molecule has 0 aliphatic carbocycles. The molecule has 0 aromatic carbocycles. The molecule has 0 atom stereocenters. The number of carbonyl (C=O) groups is 2. The molecule has 80 valence electrons. The van der Waals surface area contributed by atoms with Gasteiger partial charge in [0.25, 0.3) is 0 Å². The average Bonchev–Trinajstić information content (AvgIpc) is 1.87. The fourth-order valence-corrected chi connectivity index (χ4v) is 0.407. The number of rotatable bonds is 2. The lowest BCUT2D eigenvalue weighted by molar-refractivity contribution is -0.141. The van der Waals surface area contributed by atoms with E-state index in [0.717, 1.165) is 0 Å². The van der Waals surface area contributed by atoms with Gasteiger partial charge in [-0.25, -0.2) is 0 Å². The highest BCUT2D eigenvalue weighted by molar-refractivity contribution is 5.85. The maximum atomic E-state index is 9.82. The Bertz CT molecular complexity index is 120. The largest absolute Gasteiger partial charge is 0.466 e. The Morgan fingerprint density at radius 3 is 1.15 bits per heavy atom. The van der Waals surface area contributed by atoms with Crippen molar-refractivity contribution >= 4 is 24.3 Å². The standard InChI is InChI=1S/2C4H8O2.ClH/c2*1-3-6-4(2)5;/h2*3H2,1-2H3;1H. The molecule has 0 fully saturated rings. The van der Waals surface area contributed by atoms with Crippen molar-refractivity contribution in [3.63, 3.8) is 0 Å². The third kappa shape index (κ3) is 35.0. The van der Waals surface area contributed by atoms with Gasteiger partial charge in [-0.05, 0) is 13.8 Å². The van der Waals surface area contributed by atoms with Gasteiger partial charge in [-0.1, -0.05) is 0 Å². The summed E-state index contributed by atoms with van der Waals surface area (Å²) in [6.07, 6.45) is 0. The zero-order valence-electron chi connectivity index (χ0n) is 8.46. The molecule has 0 aromatic heterocycles. The lowest BCUT2D eigenvalue weighted by atomic mass is 10.8. The van der Waals surface area contributed by atoms with E-state index >= 15 is 0 Å². The first-order valence-corrected chi connectivity index (χ1v) is 3.81. The van der Waals surface area contributed by atoms with Gasteiger partial charge in [0, 0.05) is 13.8 Å². The average molecular weight is 213 g/mol. The summed E-state index contributed by atoms with van der Waals surface area (Å²) in [7, 11) is 0. The summed E-state index contributed by atoms with van der Waals surface area (Å²) in [6.45, 7) is 7.31. The Labute approximate surface area is 85.0 Å². The van der Waals surface area contributed by atoms with E-state index in [4.69, 9.17) is 0 Å². The molecule has 5 heteroatoms. The van der Waals surface area contributed by atoms with Crippen LogP contribution in [0.1, 0.15) is 27.7 Å². The van der Waals surface area contributed by atoms with Crippen molar-refractivity contribution in [2.24, 2.45) is 0 Å². The van der Waals surface area contributed by atoms with Crippen LogP contribution in [0.15, 0.2) is 0 Å². The van der Waals surface area contributed by atoms with Crippen molar-refractivity contribution in [3.8, 4) is 0 Å². The smallest absolute Gasteiger partial charge is 0.302 e. The molecule has 0 saturated carbocycles. The fraction of sp³-hybridized carbons (Fsp3) is 0.750. The van der Waals surface area contributed by atoms with Crippen LogP contribution in [0.5, 0.6) is 0 Å². The summed E-state index contributed by atoms with van der Waals surface area (Å²) in [6, 6.07) is 0. The molecular weight excluding hydrogens is 196 g/mol. The van der Waals surface area contributed by atoms with Crippen LogP contribution in [0, 0.1) is 0 Å². The maximum Gasteiger partial charge on any atom is 0.302 e. The quantitative estimate of drug-likeness (QED) is 0.652. The van der Waals surface area contributed by atoms with E-state index < -0.39 is 0 Å². The number of hydrogen-bond donors (Lipinski definition) is 0. The Balaban J connectivity index is -0.000000143. The molecule has 0 unspecified atom stereocenters. The molecule has 13 heavy (non-hydrogen) atoms. The van der Waals surface area contributed by atoms with Crippen LogP contribution in [0.2, 0.25) is 0 Å². The third-order valence-corrected chi connectivity index (χ3v) is 0.695. The van der Waals surface area contributed by atoms with Gasteiger partial charge < -0.3 is 9.47 Å². The Morgan fingerprint density at radius 1 is 0.923 bits per heavy atom. The Kier molecular flexibility index (Phi) is 19.2. The lowest BCUT2D eigenvalue weighted by Gasteiger charge is -1.89. The molecule has 0 radical (unpaired) electrons. The maximum absolute atomic E-state index is 9.82. The van der Waals surface area contributed by atoms with Crippen molar-refractivity contribution in [2.75, 3.05) is 13.2 Å². The zero-order valence-corrected chi connectivity index (χ0v) is 9.27. The van der Waals surface area contributed by atoms with Gasteiger partial charge in [-0.15, -0.1) is 12.4 Å². The van der Waals surface area contributed by atoms with Gasteiger partial charge in [0.2, 0.25) is 0 Å². The molecule has 0 rings (SSSR count). The highest BCUT2D eigenvalue weighted by Gasteiger charge is 1.82. The van der Waals surface area contributed by atoms with Crippen molar-refractivity contribution in [2.45, 2.75) is 27.7 Å². The molecule has 0 aliphatic rings. The summed E-state index contributed by atoms with van der Waals surface area (Å²) in [5.41, 5.74) is 0. The molecule has 0 saturated heterocycles. The van der Waals surface area contributed by atoms with E-state index in [2.05, 4.69) is 9.47 Å². The predicted octanol–water partition coefficient (Wildman–Crippen LogP) is 1.56. The predicted molar refractivity (Wildman–Crippen MR) is 51.9 cm³/mol. The molecule has 0 amide bonds. The molecule has 0 aliphatic heterocycles. The zero-order chi connectivity index (χ0) is 9.98. The lowest BCUT2D eigenvalue weighted by Crippen LogP contribution is -1.95. The van der Waals surface area contributed by atoms with Gasteiger partial charge in [-0.3, -0.25) is 9.59 Å². The first-order chi connectivity index (χ1) is 5.54. The summed E-state index contributed by atoms with van der Waals surface area (Å²) in [4.78, 5) is 19.6. The number of carbonyl (C=O) groups excluding carboxylic acids is 2. The van der Waals surface area contributed by atoms with E-state index in [0.29, 0.717) is 13.2 Å². The van der Waals surface area contributed by atoms with Crippen molar-refractivity contribution in [1.82, 2.24) is 0 Å². The molecular formula is C8H17ClO4. The fourth-order valence-electron chi connectivity index (χ4n) is 0.407. The number of ether oxygens (including phenoxy) is 2. The van der Waals surface area contributed by atoms with E-state index in [1.54, 1.807) is 13.8 Å². The van der Waals surface area contributed by atoms with E-state index in [1.165, 1.54) is 13.8 Å². The Hall–Kier alpha value is -0.770. The molecule has 0 N–H and O–H groups in total. The number of halogens is 1. The minimum atomic E-state index is -0.211. The van der Waals surface area contributed by atoms with Gasteiger partial charge in [0.15, 0.2) is 0 Å². The molecule has 0 heterocycles. The third-order valence-electron chi connectivity index (χ3n) is 0.695. The normalized spacial score (nSPS) is 7.08. The van der Waals surface area contributed by atoms with Crippen LogP contribution in [-0.4, -0.2) is 25.2 Å². The molecule has 0 aromatic rings. The van der Waals surface area contributed by atoms with Crippen LogP contribution in [0.25, 0.3) is 0 Å². The monoisotopic (exact) mass is 212 g/mol. The van der Waals surface area contributed by atoms with Crippen LogP contribution in [0.4, 0.5) is 0 Å². The highest BCUT2D eigenvalue weighted by Crippen LogP contribution is 1.70. The van der Waals surface area contributed by atoms with Gasteiger partial charge in [0.05, 0.1) is 13.2 Å². The second-order valence-corrected chi connectivity index (χ2v) is 1.85. The van der Waals surface area contributed by atoms with Crippen molar-refractivity contribution in [1.29, 1.82) is 0 Å². The highest BCUT2D eigenvalue weighted by atomic mass is 35.5. The SMILES string of the molecule is CCOC(C)=O.CCOC(C)=O.Cl. The van der Waals surface area contributed by atoms with Crippen molar-refractivity contribution in [3.05, 3.63) is 0 Å². The topological polar surface area (TPSA) is 52.6 Å². The van der Waals surface area contributed by atoms with Crippen LogP contribution < -0.4 is 0 Å². The van der Waals surface area contributed by atoms with E-state index in [-0.39, 0.29) is 24.3 Å². The first kappa shape index (κ1) is 18.1.